The molecular weight excluding hydrogens is 489 g/mol. The summed E-state index contributed by atoms with van der Waals surface area (Å²) in [5.74, 6) is -0.676. The molecule has 1 aliphatic rings. The summed E-state index contributed by atoms with van der Waals surface area (Å²) in [7, 11) is -1.94. The van der Waals surface area contributed by atoms with Crippen LogP contribution < -0.4 is 5.73 Å². The Bertz CT molecular complexity index is 1340. The second-order valence-electron chi connectivity index (χ2n) is 8.88. The molecule has 1 saturated carbocycles. The molecule has 0 spiro atoms. The molecule has 0 bridgehead atoms. The molecule has 0 saturated heterocycles. The molecule has 1 amide bonds. The number of nitrogens with two attached hydrogens (primary N) is 1. The molecule has 1 fully saturated rings. The first-order valence-corrected chi connectivity index (χ1v) is 13.6. The van der Waals surface area contributed by atoms with Crippen molar-refractivity contribution < 1.29 is 31.5 Å². The quantitative estimate of drug-likeness (QED) is 0.343. The first-order valence-electron chi connectivity index (χ1n) is 11.7. The average molecular weight is 520 g/mol. The van der Waals surface area contributed by atoms with E-state index in [-0.39, 0.29) is 36.0 Å². The van der Waals surface area contributed by atoms with Gasteiger partial charge in [-0.25, -0.2) is 17.8 Å². The second-order valence-corrected chi connectivity index (χ2v) is 10.9. The van der Waals surface area contributed by atoms with Crippen LogP contribution in [0.15, 0.2) is 34.7 Å². The van der Waals surface area contributed by atoms with Gasteiger partial charge in [0.1, 0.15) is 11.6 Å². The number of primary amides is 1. The third-order valence-corrected chi connectivity index (χ3v) is 7.34. The molecule has 2 N–H and O–H groups in total. The Morgan fingerprint density at radius 3 is 2.56 bits per heavy atom. The molecule has 2 aromatic heterocycles. The summed E-state index contributed by atoms with van der Waals surface area (Å²) in [5.41, 5.74) is 7.99. The fourth-order valence-corrected chi connectivity index (χ4v) is 4.93. The zero-order valence-electron chi connectivity index (χ0n) is 20.3. The number of carbonyl (C=O) groups is 1. The standard InChI is InChI=1S/C25H30FN3O6S/c1-33-12-13-34-11-3-10-29(36(2,31)32)15-21-19(16-4-5-16)14-20-22(24(27)30)23(35-25(20)28-21)17-6-8-18(26)9-7-17/h6-9,14,16H,3-5,10-13,15H2,1-2H3,(H2,27,30). The van der Waals surface area contributed by atoms with Crippen molar-refractivity contribution in [2.75, 3.05) is 39.7 Å². The molecule has 0 radical (unpaired) electrons. The molecule has 0 atom stereocenters. The van der Waals surface area contributed by atoms with Crippen LogP contribution in [-0.2, 0) is 26.0 Å². The Balaban J connectivity index is 1.68. The van der Waals surface area contributed by atoms with Crippen molar-refractivity contribution in [1.29, 1.82) is 0 Å². The molecule has 9 nitrogen and oxygen atoms in total. The summed E-state index contributed by atoms with van der Waals surface area (Å²) < 4.78 is 56.3. The summed E-state index contributed by atoms with van der Waals surface area (Å²) in [6.45, 7) is 1.65. The lowest BCUT2D eigenvalue weighted by atomic mass is 10.0. The molecule has 0 aliphatic heterocycles. The van der Waals surface area contributed by atoms with Gasteiger partial charge < -0.3 is 19.6 Å². The summed E-state index contributed by atoms with van der Waals surface area (Å²) in [4.78, 5) is 17.1. The van der Waals surface area contributed by atoms with E-state index in [4.69, 9.17) is 19.6 Å². The number of hydrogen-bond acceptors (Lipinski definition) is 7. The molecule has 4 rings (SSSR count). The van der Waals surface area contributed by atoms with Gasteiger partial charge in [-0.1, -0.05) is 0 Å². The normalized spacial score (nSPS) is 14.1. The van der Waals surface area contributed by atoms with Gasteiger partial charge in [-0.2, -0.15) is 4.31 Å². The van der Waals surface area contributed by atoms with Crippen molar-refractivity contribution in [3.8, 4) is 11.3 Å². The summed E-state index contributed by atoms with van der Waals surface area (Å²) in [5, 5.41) is 0.463. The number of amides is 1. The number of pyridine rings is 1. The number of carbonyl (C=O) groups excluding carboxylic acids is 1. The van der Waals surface area contributed by atoms with Gasteiger partial charge in [-0.15, -0.1) is 0 Å². The van der Waals surface area contributed by atoms with Crippen LogP contribution in [0.25, 0.3) is 22.4 Å². The van der Waals surface area contributed by atoms with Crippen molar-refractivity contribution in [3.05, 3.63) is 53.0 Å². The Morgan fingerprint density at radius 1 is 1.22 bits per heavy atom. The molecule has 0 unspecified atom stereocenters. The fraction of sp³-hybridized carbons (Fsp3) is 0.440. The van der Waals surface area contributed by atoms with Crippen molar-refractivity contribution in [2.24, 2.45) is 5.73 Å². The van der Waals surface area contributed by atoms with E-state index in [2.05, 4.69) is 4.98 Å². The van der Waals surface area contributed by atoms with Gasteiger partial charge in [-0.3, -0.25) is 4.79 Å². The minimum absolute atomic E-state index is 0.0666. The van der Waals surface area contributed by atoms with Gasteiger partial charge in [0.15, 0.2) is 0 Å². The smallest absolute Gasteiger partial charge is 0.253 e. The molecule has 1 aromatic carbocycles. The third kappa shape index (κ3) is 6.09. The fourth-order valence-electron chi connectivity index (χ4n) is 4.11. The van der Waals surface area contributed by atoms with Crippen molar-refractivity contribution >= 4 is 27.0 Å². The van der Waals surface area contributed by atoms with Crippen LogP contribution in [-0.4, -0.2) is 63.3 Å². The van der Waals surface area contributed by atoms with Crippen molar-refractivity contribution in [1.82, 2.24) is 9.29 Å². The highest BCUT2D eigenvalue weighted by molar-refractivity contribution is 7.88. The molecule has 2 heterocycles. The number of rotatable bonds is 13. The van der Waals surface area contributed by atoms with Gasteiger partial charge in [-0.05, 0) is 61.1 Å². The van der Waals surface area contributed by atoms with Crippen molar-refractivity contribution in [3.63, 3.8) is 0 Å². The number of aromatic nitrogens is 1. The SMILES string of the molecule is COCCOCCCN(Cc1nc2oc(-c3ccc(F)cc3)c(C(N)=O)c2cc1C1CC1)S(C)(=O)=O. The minimum Gasteiger partial charge on any atom is -0.437 e. The lowest BCUT2D eigenvalue weighted by Crippen LogP contribution is -2.32. The second kappa shape index (κ2) is 11.0. The average Bonchev–Trinajstić information content (AvgIpc) is 3.59. The maximum Gasteiger partial charge on any atom is 0.253 e. The number of hydrogen-bond donors (Lipinski definition) is 1. The Labute approximate surface area is 209 Å². The molecular formula is C25H30FN3O6S. The molecule has 1 aliphatic carbocycles. The van der Waals surface area contributed by atoms with Gasteiger partial charge in [0, 0.05) is 25.8 Å². The van der Waals surface area contributed by atoms with Crippen LogP contribution in [0.2, 0.25) is 0 Å². The van der Waals surface area contributed by atoms with Gasteiger partial charge in [0.2, 0.25) is 15.7 Å². The van der Waals surface area contributed by atoms with Crippen LogP contribution in [0.3, 0.4) is 0 Å². The number of benzene rings is 1. The summed E-state index contributed by atoms with van der Waals surface area (Å²) in [6.07, 6.45) is 3.57. The molecule has 11 heteroatoms. The highest BCUT2D eigenvalue weighted by Gasteiger charge is 2.31. The molecule has 36 heavy (non-hydrogen) atoms. The lowest BCUT2D eigenvalue weighted by Gasteiger charge is -2.21. The number of ether oxygens (including phenoxy) is 2. The molecule has 194 valence electrons. The zero-order valence-corrected chi connectivity index (χ0v) is 21.1. The maximum absolute atomic E-state index is 13.4. The first kappa shape index (κ1) is 26.2. The zero-order chi connectivity index (χ0) is 25.9. The highest BCUT2D eigenvalue weighted by Crippen LogP contribution is 2.44. The number of furan rings is 1. The molecule has 3 aromatic rings. The van der Waals surface area contributed by atoms with E-state index in [9.17, 15) is 17.6 Å². The van der Waals surface area contributed by atoms with Gasteiger partial charge in [0.05, 0.1) is 42.7 Å². The van der Waals surface area contributed by atoms with E-state index >= 15 is 0 Å². The van der Waals surface area contributed by atoms with Gasteiger partial charge >= 0.3 is 0 Å². The number of methoxy groups -OCH3 is 1. The monoisotopic (exact) mass is 519 g/mol. The predicted octanol–water partition coefficient (Wildman–Crippen LogP) is 3.42. The van der Waals surface area contributed by atoms with E-state index in [0.717, 1.165) is 18.4 Å². The number of halogens is 1. The van der Waals surface area contributed by atoms with Gasteiger partial charge in [0.25, 0.3) is 5.91 Å². The maximum atomic E-state index is 13.4. The summed E-state index contributed by atoms with van der Waals surface area (Å²) in [6, 6.07) is 7.38. The minimum atomic E-state index is -3.53. The largest absolute Gasteiger partial charge is 0.437 e. The summed E-state index contributed by atoms with van der Waals surface area (Å²) >= 11 is 0. The first-order chi connectivity index (χ1) is 17.2. The Morgan fingerprint density at radius 2 is 1.94 bits per heavy atom. The van der Waals surface area contributed by atoms with E-state index < -0.39 is 21.7 Å². The number of sulfonamides is 1. The van der Waals surface area contributed by atoms with Crippen molar-refractivity contribution in [2.45, 2.75) is 31.7 Å². The Kier molecular flexibility index (Phi) is 8.04. The van der Waals surface area contributed by atoms with E-state index in [1.807, 2.05) is 6.07 Å². The third-order valence-electron chi connectivity index (χ3n) is 6.09. The predicted molar refractivity (Wildman–Crippen MR) is 132 cm³/mol. The number of fused-ring (bicyclic) bond motifs is 1. The van der Waals surface area contributed by atoms with E-state index in [1.54, 1.807) is 7.11 Å². The highest BCUT2D eigenvalue weighted by atomic mass is 32.2. The number of nitrogens with zero attached hydrogens (tertiary/aromatic N) is 2. The van der Waals surface area contributed by atoms with Crippen LogP contribution in [0.5, 0.6) is 0 Å². The van der Waals surface area contributed by atoms with Crippen LogP contribution in [0.4, 0.5) is 4.39 Å². The Hall–Kier alpha value is -2.86. The topological polar surface area (TPSA) is 125 Å². The van der Waals surface area contributed by atoms with Crippen LogP contribution >= 0.6 is 0 Å². The van der Waals surface area contributed by atoms with E-state index in [1.165, 1.54) is 34.8 Å². The van der Waals surface area contributed by atoms with E-state index in [0.29, 0.717) is 42.9 Å². The van der Waals surface area contributed by atoms with Crippen LogP contribution in [0.1, 0.15) is 46.8 Å². The van der Waals surface area contributed by atoms with Crippen LogP contribution in [0, 0.1) is 5.82 Å². The lowest BCUT2D eigenvalue weighted by molar-refractivity contribution is 0.0676.